The van der Waals surface area contributed by atoms with Crippen LogP contribution in [0.2, 0.25) is 5.02 Å². The zero-order valence-corrected chi connectivity index (χ0v) is 13.3. The highest BCUT2D eigenvalue weighted by atomic mass is 35.5. The maximum absolute atomic E-state index is 12.3. The van der Waals surface area contributed by atoms with Gasteiger partial charge in [-0.1, -0.05) is 41.9 Å². The van der Waals surface area contributed by atoms with Crippen LogP contribution >= 0.6 is 11.6 Å². The number of carbonyl (C=O) groups is 2. The topological polar surface area (TPSA) is 49.4 Å². The number of hydrogen-bond acceptors (Lipinski definition) is 2. The summed E-state index contributed by atoms with van der Waals surface area (Å²) >= 11 is 5.83. The lowest BCUT2D eigenvalue weighted by Gasteiger charge is -2.16. The fourth-order valence-corrected chi connectivity index (χ4v) is 2.81. The molecular formula is C18H17ClN2O2. The van der Waals surface area contributed by atoms with E-state index in [1.54, 1.807) is 29.2 Å². The summed E-state index contributed by atoms with van der Waals surface area (Å²) < 4.78 is 0. The quantitative estimate of drug-likeness (QED) is 0.936. The van der Waals surface area contributed by atoms with Crippen LogP contribution in [0.25, 0.3) is 0 Å². The molecular weight excluding hydrogens is 312 g/mol. The minimum absolute atomic E-state index is 0.0186. The van der Waals surface area contributed by atoms with Crippen molar-refractivity contribution in [2.24, 2.45) is 5.92 Å². The predicted octanol–water partition coefficient (Wildman–Crippen LogP) is 3.33. The first-order valence-corrected chi connectivity index (χ1v) is 7.88. The minimum atomic E-state index is -0.318. The summed E-state index contributed by atoms with van der Waals surface area (Å²) in [7, 11) is 0. The number of nitrogens with one attached hydrogen (secondary N) is 1. The van der Waals surface area contributed by atoms with E-state index in [0.717, 1.165) is 5.56 Å². The largest absolute Gasteiger partial charge is 0.338 e. The lowest BCUT2D eigenvalue weighted by atomic mass is 10.1. The number of anilines is 1. The number of rotatable bonds is 4. The van der Waals surface area contributed by atoms with Gasteiger partial charge >= 0.3 is 0 Å². The Labute approximate surface area is 140 Å². The monoisotopic (exact) mass is 328 g/mol. The predicted molar refractivity (Wildman–Crippen MR) is 90.0 cm³/mol. The van der Waals surface area contributed by atoms with Crippen molar-refractivity contribution in [3.63, 3.8) is 0 Å². The Balaban J connectivity index is 1.60. The molecule has 2 aromatic carbocycles. The molecule has 0 aliphatic carbocycles. The Morgan fingerprint density at radius 2 is 1.83 bits per heavy atom. The molecule has 0 bridgehead atoms. The lowest BCUT2D eigenvalue weighted by molar-refractivity contribution is -0.128. The molecule has 1 saturated heterocycles. The van der Waals surface area contributed by atoms with Gasteiger partial charge in [-0.25, -0.2) is 0 Å². The molecule has 3 rings (SSSR count). The molecule has 0 aromatic heterocycles. The van der Waals surface area contributed by atoms with Crippen LogP contribution in [0, 0.1) is 5.92 Å². The molecule has 1 unspecified atom stereocenters. The first-order chi connectivity index (χ1) is 11.1. The second-order valence-corrected chi connectivity index (χ2v) is 6.09. The van der Waals surface area contributed by atoms with Crippen LogP contribution in [0.15, 0.2) is 54.6 Å². The average Bonchev–Trinajstić information content (AvgIpc) is 2.92. The molecule has 118 valence electrons. The van der Waals surface area contributed by atoms with Crippen molar-refractivity contribution in [1.82, 2.24) is 4.90 Å². The molecule has 1 atom stereocenters. The zero-order chi connectivity index (χ0) is 16.2. The number of halogens is 1. The molecule has 4 nitrogen and oxygen atoms in total. The van der Waals surface area contributed by atoms with Crippen molar-refractivity contribution in [1.29, 1.82) is 0 Å². The summed E-state index contributed by atoms with van der Waals surface area (Å²) in [5, 5.41) is 3.46. The Bertz CT molecular complexity index is 701. The van der Waals surface area contributed by atoms with Gasteiger partial charge in [0.1, 0.15) is 0 Å². The molecule has 1 aliphatic heterocycles. The highest BCUT2D eigenvalue weighted by molar-refractivity contribution is 6.30. The standard InChI is InChI=1S/C18H17ClN2O2/c19-15-6-8-16(9-7-15)20-18(23)14-10-17(22)21(12-14)11-13-4-2-1-3-5-13/h1-9,14H,10-12H2,(H,20,23). The van der Waals surface area contributed by atoms with Gasteiger partial charge in [-0.3, -0.25) is 9.59 Å². The third kappa shape index (κ3) is 3.90. The van der Waals surface area contributed by atoms with E-state index >= 15 is 0 Å². The first-order valence-electron chi connectivity index (χ1n) is 7.50. The molecule has 23 heavy (non-hydrogen) atoms. The third-order valence-corrected chi connectivity index (χ3v) is 4.17. The molecule has 1 aliphatic rings. The van der Waals surface area contributed by atoms with Crippen molar-refractivity contribution >= 4 is 29.1 Å². The van der Waals surface area contributed by atoms with Crippen molar-refractivity contribution in [3.05, 3.63) is 65.2 Å². The van der Waals surface area contributed by atoms with Crippen LogP contribution in [0.5, 0.6) is 0 Å². The van der Waals surface area contributed by atoms with Crippen LogP contribution in [0.1, 0.15) is 12.0 Å². The number of amides is 2. The number of hydrogen-bond donors (Lipinski definition) is 1. The summed E-state index contributed by atoms with van der Waals surface area (Å²) in [4.78, 5) is 26.2. The molecule has 1 fully saturated rings. The van der Waals surface area contributed by atoms with Crippen LogP contribution in [-0.4, -0.2) is 23.3 Å². The Kier molecular flexibility index (Phi) is 4.63. The van der Waals surface area contributed by atoms with Crippen molar-refractivity contribution in [3.8, 4) is 0 Å². The Hall–Kier alpha value is -2.33. The minimum Gasteiger partial charge on any atom is -0.338 e. The van der Waals surface area contributed by atoms with Crippen LogP contribution in [0.3, 0.4) is 0 Å². The lowest BCUT2D eigenvalue weighted by Crippen LogP contribution is -2.28. The molecule has 5 heteroatoms. The normalized spacial score (nSPS) is 17.3. The van der Waals surface area contributed by atoms with E-state index in [9.17, 15) is 9.59 Å². The van der Waals surface area contributed by atoms with Crippen LogP contribution in [-0.2, 0) is 16.1 Å². The third-order valence-electron chi connectivity index (χ3n) is 3.91. The van der Waals surface area contributed by atoms with Gasteiger partial charge in [0.05, 0.1) is 5.92 Å². The zero-order valence-electron chi connectivity index (χ0n) is 12.5. The molecule has 0 saturated carbocycles. The Morgan fingerprint density at radius 1 is 1.13 bits per heavy atom. The van der Waals surface area contributed by atoms with Crippen LogP contribution in [0.4, 0.5) is 5.69 Å². The highest BCUT2D eigenvalue weighted by Crippen LogP contribution is 2.22. The van der Waals surface area contributed by atoms with Crippen molar-refractivity contribution in [2.75, 3.05) is 11.9 Å². The fourth-order valence-electron chi connectivity index (χ4n) is 2.68. The molecule has 0 spiro atoms. The van der Waals surface area contributed by atoms with Crippen molar-refractivity contribution in [2.45, 2.75) is 13.0 Å². The van der Waals surface area contributed by atoms with E-state index in [0.29, 0.717) is 23.8 Å². The number of nitrogens with zero attached hydrogens (tertiary/aromatic N) is 1. The van der Waals surface area contributed by atoms with Crippen LogP contribution < -0.4 is 5.32 Å². The summed E-state index contributed by atoms with van der Waals surface area (Å²) in [6.07, 6.45) is 0.256. The number of carbonyl (C=O) groups excluding carboxylic acids is 2. The van der Waals surface area contributed by atoms with Gasteiger partial charge in [0.2, 0.25) is 11.8 Å². The van der Waals surface area contributed by atoms with Gasteiger partial charge in [0.15, 0.2) is 0 Å². The van der Waals surface area contributed by atoms with Gasteiger partial charge in [-0.15, -0.1) is 0 Å². The number of benzene rings is 2. The molecule has 1 N–H and O–H groups in total. The maximum atomic E-state index is 12.3. The van der Waals surface area contributed by atoms with Gasteiger partial charge < -0.3 is 10.2 Å². The maximum Gasteiger partial charge on any atom is 0.229 e. The van der Waals surface area contributed by atoms with E-state index < -0.39 is 0 Å². The second kappa shape index (κ2) is 6.84. The van der Waals surface area contributed by atoms with Crippen molar-refractivity contribution < 1.29 is 9.59 Å². The van der Waals surface area contributed by atoms with Gasteiger partial charge in [0, 0.05) is 30.2 Å². The molecule has 0 radical (unpaired) electrons. The molecule has 2 amide bonds. The fraction of sp³-hybridized carbons (Fsp3) is 0.222. The summed E-state index contributed by atoms with van der Waals surface area (Å²) in [5.41, 5.74) is 1.76. The highest BCUT2D eigenvalue weighted by Gasteiger charge is 2.34. The van der Waals surface area contributed by atoms with E-state index in [1.165, 1.54) is 0 Å². The SMILES string of the molecule is O=C(Nc1ccc(Cl)cc1)C1CC(=O)N(Cc2ccccc2)C1. The summed E-state index contributed by atoms with van der Waals surface area (Å²) in [6, 6.07) is 16.7. The van der Waals surface area contributed by atoms with Gasteiger partial charge in [-0.2, -0.15) is 0 Å². The van der Waals surface area contributed by atoms with E-state index in [1.807, 2.05) is 30.3 Å². The summed E-state index contributed by atoms with van der Waals surface area (Å²) in [6.45, 7) is 0.998. The van der Waals surface area contributed by atoms with Gasteiger partial charge in [-0.05, 0) is 29.8 Å². The average molecular weight is 329 g/mol. The smallest absolute Gasteiger partial charge is 0.229 e. The van der Waals surface area contributed by atoms with E-state index in [-0.39, 0.29) is 24.2 Å². The molecule has 2 aromatic rings. The molecule has 1 heterocycles. The Morgan fingerprint density at radius 3 is 2.52 bits per heavy atom. The second-order valence-electron chi connectivity index (χ2n) is 5.66. The summed E-state index contributed by atoms with van der Waals surface area (Å²) in [5.74, 6) is -0.428. The van der Waals surface area contributed by atoms with E-state index in [2.05, 4.69) is 5.32 Å². The first kappa shape index (κ1) is 15.6. The number of likely N-dealkylation sites (tertiary alicyclic amines) is 1. The van der Waals surface area contributed by atoms with Gasteiger partial charge in [0.25, 0.3) is 0 Å². The van der Waals surface area contributed by atoms with E-state index in [4.69, 9.17) is 11.6 Å².